The van der Waals surface area contributed by atoms with Crippen molar-refractivity contribution in [2.24, 2.45) is 0 Å². The summed E-state index contributed by atoms with van der Waals surface area (Å²) < 4.78 is 1.04. The van der Waals surface area contributed by atoms with Gasteiger partial charge in [-0.2, -0.15) is 5.10 Å². The van der Waals surface area contributed by atoms with Gasteiger partial charge in [0.15, 0.2) is 0 Å². The zero-order valence-electron chi connectivity index (χ0n) is 10.6. The van der Waals surface area contributed by atoms with E-state index in [1.165, 1.54) is 6.07 Å². The van der Waals surface area contributed by atoms with Gasteiger partial charge in [0.05, 0.1) is 11.9 Å². The van der Waals surface area contributed by atoms with Crippen LogP contribution in [0.15, 0.2) is 24.4 Å². The predicted molar refractivity (Wildman–Crippen MR) is 68.7 cm³/mol. The minimum Gasteiger partial charge on any atom is -0.507 e. The van der Waals surface area contributed by atoms with Gasteiger partial charge in [0.1, 0.15) is 17.9 Å². The number of aryl methyl sites for hydroxylation is 1. The van der Waals surface area contributed by atoms with Crippen molar-refractivity contribution in [3.8, 4) is 17.0 Å². The molecule has 0 amide bonds. The van der Waals surface area contributed by atoms with Gasteiger partial charge in [-0.05, 0) is 19.1 Å². The van der Waals surface area contributed by atoms with Gasteiger partial charge in [0.2, 0.25) is 0 Å². The van der Waals surface area contributed by atoms with E-state index in [0.717, 1.165) is 16.4 Å². The van der Waals surface area contributed by atoms with E-state index in [2.05, 4.69) is 5.10 Å². The van der Waals surface area contributed by atoms with E-state index in [1.54, 1.807) is 19.1 Å². The van der Waals surface area contributed by atoms with E-state index in [-0.39, 0.29) is 22.6 Å². The number of aromatic nitrogens is 2. The standard InChI is InChI=1S/C13H12N2O5/c1-7-2-3-10(16)8(4-7)12-9(13(19)20)5-14-15(12)6-11(17)18/h2-5,16H,6H2,1H3,(H,17,18)(H,19,20). The highest BCUT2D eigenvalue weighted by Crippen LogP contribution is 2.32. The van der Waals surface area contributed by atoms with E-state index < -0.39 is 18.5 Å². The third-order valence-corrected chi connectivity index (χ3v) is 2.76. The zero-order chi connectivity index (χ0) is 14.9. The first-order chi connectivity index (χ1) is 9.40. The lowest BCUT2D eigenvalue weighted by Gasteiger charge is -2.09. The van der Waals surface area contributed by atoms with E-state index in [9.17, 15) is 14.7 Å². The van der Waals surface area contributed by atoms with Gasteiger partial charge < -0.3 is 15.3 Å². The van der Waals surface area contributed by atoms with Crippen molar-refractivity contribution < 1.29 is 24.9 Å². The van der Waals surface area contributed by atoms with Crippen LogP contribution in [0.1, 0.15) is 15.9 Å². The molecule has 2 aromatic rings. The van der Waals surface area contributed by atoms with Crippen LogP contribution in [0.4, 0.5) is 0 Å². The molecule has 3 N–H and O–H groups in total. The molecule has 2 rings (SSSR count). The van der Waals surface area contributed by atoms with E-state index in [1.807, 2.05) is 0 Å². The summed E-state index contributed by atoms with van der Waals surface area (Å²) >= 11 is 0. The SMILES string of the molecule is Cc1ccc(O)c(-c2c(C(=O)O)cnn2CC(=O)O)c1. The van der Waals surface area contributed by atoms with Crippen LogP contribution in [0.5, 0.6) is 5.75 Å². The van der Waals surface area contributed by atoms with Crippen molar-refractivity contribution in [2.45, 2.75) is 13.5 Å². The van der Waals surface area contributed by atoms with Crippen LogP contribution >= 0.6 is 0 Å². The first-order valence-corrected chi connectivity index (χ1v) is 5.71. The third-order valence-electron chi connectivity index (χ3n) is 2.76. The lowest BCUT2D eigenvalue weighted by molar-refractivity contribution is -0.137. The molecule has 0 atom stereocenters. The summed E-state index contributed by atoms with van der Waals surface area (Å²) in [7, 11) is 0. The summed E-state index contributed by atoms with van der Waals surface area (Å²) in [4.78, 5) is 22.0. The van der Waals surface area contributed by atoms with Crippen molar-refractivity contribution in [3.05, 3.63) is 35.5 Å². The number of aliphatic carboxylic acids is 1. The Morgan fingerprint density at radius 2 is 2.00 bits per heavy atom. The second-order valence-electron chi connectivity index (χ2n) is 4.28. The molecule has 0 saturated heterocycles. The summed E-state index contributed by atoms with van der Waals surface area (Å²) in [5.74, 6) is -2.53. The summed E-state index contributed by atoms with van der Waals surface area (Å²) in [5, 5.41) is 31.7. The summed E-state index contributed by atoms with van der Waals surface area (Å²) in [6, 6.07) is 4.67. The summed E-state index contributed by atoms with van der Waals surface area (Å²) in [6.45, 7) is 1.29. The molecule has 0 aliphatic carbocycles. The maximum atomic E-state index is 11.2. The fourth-order valence-corrected chi connectivity index (χ4v) is 1.91. The second kappa shape index (κ2) is 5.04. The Hall–Kier alpha value is -2.83. The highest BCUT2D eigenvalue weighted by molar-refractivity contribution is 5.95. The molecular weight excluding hydrogens is 264 g/mol. The van der Waals surface area contributed by atoms with Gasteiger partial charge in [0, 0.05) is 5.56 Å². The topological polar surface area (TPSA) is 113 Å². The Bertz CT molecular complexity index is 690. The van der Waals surface area contributed by atoms with Gasteiger partial charge in [0.25, 0.3) is 0 Å². The van der Waals surface area contributed by atoms with E-state index in [0.29, 0.717) is 0 Å². The lowest BCUT2D eigenvalue weighted by atomic mass is 10.0. The molecule has 0 radical (unpaired) electrons. The molecule has 0 aliphatic heterocycles. The number of aromatic carboxylic acids is 1. The number of carboxylic acid groups (broad SMARTS) is 2. The number of benzene rings is 1. The van der Waals surface area contributed by atoms with Crippen LogP contribution in [0.2, 0.25) is 0 Å². The number of rotatable bonds is 4. The summed E-state index contributed by atoms with van der Waals surface area (Å²) in [5.41, 5.74) is 0.951. The van der Waals surface area contributed by atoms with Gasteiger partial charge in [-0.25, -0.2) is 4.79 Å². The average molecular weight is 276 g/mol. The first-order valence-electron chi connectivity index (χ1n) is 5.71. The quantitative estimate of drug-likeness (QED) is 0.776. The number of phenols is 1. The number of aromatic hydroxyl groups is 1. The number of phenolic OH excluding ortho intramolecular Hbond substituents is 1. The first kappa shape index (κ1) is 13.6. The lowest BCUT2D eigenvalue weighted by Crippen LogP contribution is -2.12. The maximum Gasteiger partial charge on any atom is 0.339 e. The molecule has 20 heavy (non-hydrogen) atoms. The smallest absolute Gasteiger partial charge is 0.339 e. The van der Waals surface area contributed by atoms with Crippen LogP contribution < -0.4 is 0 Å². The zero-order valence-corrected chi connectivity index (χ0v) is 10.6. The molecule has 0 aliphatic rings. The van der Waals surface area contributed by atoms with E-state index >= 15 is 0 Å². The molecule has 7 nitrogen and oxygen atoms in total. The van der Waals surface area contributed by atoms with Crippen molar-refractivity contribution in [2.75, 3.05) is 0 Å². The van der Waals surface area contributed by atoms with Crippen molar-refractivity contribution >= 4 is 11.9 Å². The Balaban J connectivity index is 2.69. The third kappa shape index (κ3) is 2.46. The maximum absolute atomic E-state index is 11.2. The Morgan fingerprint density at radius 3 is 2.60 bits per heavy atom. The molecule has 0 bridgehead atoms. The second-order valence-corrected chi connectivity index (χ2v) is 4.28. The fourth-order valence-electron chi connectivity index (χ4n) is 1.91. The van der Waals surface area contributed by atoms with Crippen LogP contribution in [-0.4, -0.2) is 37.0 Å². The number of carbonyl (C=O) groups is 2. The number of nitrogens with zero attached hydrogens (tertiary/aromatic N) is 2. The van der Waals surface area contributed by atoms with Crippen molar-refractivity contribution in [1.82, 2.24) is 9.78 Å². The predicted octanol–water partition coefficient (Wildman–Crippen LogP) is 1.35. The molecule has 0 fully saturated rings. The van der Waals surface area contributed by atoms with Gasteiger partial charge >= 0.3 is 11.9 Å². The van der Waals surface area contributed by atoms with Gasteiger partial charge in [-0.15, -0.1) is 0 Å². The Kier molecular flexibility index (Phi) is 3.43. The normalized spacial score (nSPS) is 10.4. The molecule has 1 heterocycles. The molecule has 104 valence electrons. The van der Waals surface area contributed by atoms with E-state index in [4.69, 9.17) is 10.2 Å². The Labute approximate surface area is 113 Å². The fraction of sp³-hybridized carbons (Fsp3) is 0.154. The molecule has 0 saturated carbocycles. The number of hydrogen-bond donors (Lipinski definition) is 3. The molecule has 1 aromatic heterocycles. The molecule has 0 unspecified atom stereocenters. The van der Waals surface area contributed by atoms with Gasteiger partial charge in [-0.3, -0.25) is 9.48 Å². The number of carboxylic acids is 2. The molecule has 7 heteroatoms. The Morgan fingerprint density at radius 1 is 1.30 bits per heavy atom. The highest BCUT2D eigenvalue weighted by atomic mass is 16.4. The van der Waals surface area contributed by atoms with Crippen LogP contribution in [0.3, 0.4) is 0 Å². The minimum absolute atomic E-state index is 0.0705. The van der Waals surface area contributed by atoms with Crippen LogP contribution in [0, 0.1) is 6.92 Å². The van der Waals surface area contributed by atoms with Crippen molar-refractivity contribution in [1.29, 1.82) is 0 Å². The largest absolute Gasteiger partial charge is 0.507 e. The van der Waals surface area contributed by atoms with Crippen LogP contribution in [0.25, 0.3) is 11.3 Å². The minimum atomic E-state index is -1.24. The van der Waals surface area contributed by atoms with Crippen molar-refractivity contribution in [3.63, 3.8) is 0 Å². The monoisotopic (exact) mass is 276 g/mol. The average Bonchev–Trinajstić information content (AvgIpc) is 2.75. The molecular formula is C13H12N2O5. The molecule has 1 aromatic carbocycles. The highest BCUT2D eigenvalue weighted by Gasteiger charge is 2.21. The molecule has 0 spiro atoms. The number of hydrogen-bond acceptors (Lipinski definition) is 4. The summed E-state index contributed by atoms with van der Waals surface area (Å²) in [6.07, 6.45) is 1.07. The van der Waals surface area contributed by atoms with Crippen LogP contribution in [-0.2, 0) is 11.3 Å². The van der Waals surface area contributed by atoms with Gasteiger partial charge in [-0.1, -0.05) is 11.6 Å².